The minimum absolute atomic E-state index is 0.0320. The minimum Gasteiger partial charge on any atom is -0.466 e. The third-order valence-electron chi connectivity index (χ3n) is 3.98. The van der Waals surface area contributed by atoms with Gasteiger partial charge in [0.15, 0.2) is 14.1 Å². The van der Waals surface area contributed by atoms with Gasteiger partial charge in [-0.25, -0.2) is 4.79 Å². The van der Waals surface area contributed by atoms with Crippen molar-refractivity contribution in [1.82, 2.24) is 0 Å². The van der Waals surface area contributed by atoms with Crippen molar-refractivity contribution in [3.05, 3.63) is 11.6 Å². The van der Waals surface area contributed by atoms with Crippen molar-refractivity contribution in [2.75, 3.05) is 7.11 Å². The van der Waals surface area contributed by atoms with Gasteiger partial charge in [0.05, 0.1) is 18.8 Å². The van der Waals surface area contributed by atoms with E-state index in [0.29, 0.717) is 18.4 Å². The smallest absolute Gasteiger partial charge is 0.336 e. The third-order valence-corrected chi connectivity index (χ3v) is 8.47. The topological polar surface area (TPSA) is 52.6 Å². The molecule has 1 aliphatic rings. The fraction of sp³-hybridized carbons (Fsp3) is 0.714. The summed E-state index contributed by atoms with van der Waals surface area (Å²) in [6.07, 6.45) is 2.06. The SMILES string of the molecule is COC(=O)C1=CC(=O)CC[C@H]1O[Si](C)(C)C(C)(C)C. The number of carbonyl (C=O) groups is 2. The van der Waals surface area contributed by atoms with E-state index in [-0.39, 0.29) is 16.9 Å². The molecule has 0 aromatic heterocycles. The summed E-state index contributed by atoms with van der Waals surface area (Å²) in [6.45, 7) is 10.7. The predicted molar refractivity (Wildman–Crippen MR) is 76.4 cm³/mol. The first-order chi connectivity index (χ1) is 8.58. The predicted octanol–water partition coefficient (Wildman–Crippen LogP) is 2.84. The average Bonchev–Trinajstić information content (AvgIpc) is 2.28. The van der Waals surface area contributed by atoms with Crippen molar-refractivity contribution in [2.24, 2.45) is 0 Å². The van der Waals surface area contributed by atoms with Crippen molar-refractivity contribution in [3.8, 4) is 0 Å². The lowest BCUT2D eigenvalue weighted by Gasteiger charge is -2.40. The van der Waals surface area contributed by atoms with Crippen LogP contribution in [0.3, 0.4) is 0 Å². The molecular weight excluding hydrogens is 260 g/mol. The summed E-state index contributed by atoms with van der Waals surface area (Å²) in [5, 5.41) is 0.0652. The van der Waals surface area contributed by atoms with E-state index in [1.54, 1.807) is 0 Å². The molecule has 0 amide bonds. The molecule has 0 saturated carbocycles. The zero-order chi connectivity index (χ0) is 14.8. The number of hydrogen-bond donors (Lipinski definition) is 0. The normalized spacial score (nSPS) is 21.1. The third kappa shape index (κ3) is 3.76. The number of rotatable bonds is 3. The molecule has 0 spiro atoms. The molecule has 1 atom stereocenters. The van der Waals surface area contributed by atoms with Gasteiger partial charge >= 0.3 is 5.97 Å². The average molecular weight is 284 g/mol. The molecule has 0 N–H and O–H groups in total. The first kappa shape index (κ1) is 16.1. The zero-order valence-electron chi connectivity index (χ0n) is 12.7. The van der Waals surface area contributed by atoms with E-state index >= 15 is 0 Å². The highest BCUT2D eigenvalue weighted by Crippen LogP contribution is 2.39. The highest BCUT2D eigenvalue weighted by atomic mass is 28.4. The molecular formula is C14H24O4Si. The Morgan fingerprint density at radius 2 is 1.95 bits per heavy atom. The van der Waals surface area contributed by atoms with E-state index in [0.717, 1.165) is 0 Å². The lowest BCUT2D eigenvalue weighted by molar-refractivity contribution is -0.137. The maximum Gasteiger partial charge on any atom is 0.336 e. The van der Waals surface area contributed by atoms with Crippen LogP contribution in [-0.4, -0.2) is 33.3 Å². The Morgan fingerprint density at radius 3 is 2.42 bits per heavy atom. The molecule has 108 valence electrons. The van der Waals surface area contributed by atoms with Gasteiger partial charge in [-0.05, 0) is 30.6 Å². The number of ketones is 1. The molecule has 0 fully saturated rings. The van der Waals surface area contributed by atoms with Gasteiger partial charge in [-0.15, -0.1) is 0 Å². The number of carbonyl (C=O) groups excluding carboxylic acids is 2. The Bertz CT molecular complexity index is 404. The molecule has 0 aliphatic heterocycles. The van der Waals surface area contributed by atoms with Crippen LogP contribution in [0.1, 0.15) is 33.6 Å². The molecule has 0 unspecified atom stereocenters. The van der Waals surface area contributed by atoms with Crippen LogP contribution >= 0.6 is 0 Å². The molecule has 0 heterocycles. The summed E-state index contributed by atoms with van der Waals surface area (Å²) in [6, 6.07) is 0. The molecule has 1 aliphatic carbocycles. The summed E-state index contributed by atoms with van der Waals surface area (Å²) >= 11 is 0. The fourth-order valence-electron chi connectivity index (χ4n) is 1.73. The van der Waals surface area contributed by atoms with Gasteiger partial charge < -0.3 is 9.16 Å². The summed E-state index contributed by atoms with van der Waals surface area (Å²) < 4.78 is 11.0. The van der Waals surface area contributed by atoms with Crippen LogP contribution in [0.5, 0.6) is 0 Å². The van der Waals surface area contributed by atoms with Gasteiger partial charge in [-0.2, -0.15) is 0 Å². The quantitative estimate of drug-likeness (QED) is 0.590. The van der Waals surface area contributed by atoms with Crippen LogP contribution in [0.25, 0.3) is 0 Å². The summed E-state index contributed by atoms with van der Waals surface area (Å²) in [5.41, 5.74) is 0.364. The lowest BCUT2D eigenvalue weighted by Crippen LogP contribution is -2.46. The first-order valence-electron chi connectivity index (χ1n) is 6.59. The van der Waals surface area contributed by atoms with E-state index in [1.165, 1.54) is 13.2 Å². The Morgan fingerprint density at radius 1 is 1.37 bits per heavy atom. The number of esters is 1. The molecule has 1 rings (SSSR count). The van der Waals surface area contributed by atoms with Crippen molar-refractivity contribution in [2.45, 2.75) is 57.8 Å². The van der Waals surface area contributed by atoms with Crippen LogP contribution in [-0.2, 0) is 18.8 Å². The Hall–Kier alpha value is -0.943. The Balaban J connectivity index is 2.96. The monoisotopic (exact) mass is 284 g/mol. The number of allylic oxidation sites excluding steroid dienone is 1. The maximum absolute atomic E-state index is 11.8. The largest absolute Gasteiger partial charge is 0.466 e. The molecule has 0 saturated heterocycles. The van der Waals surface area contributed by atoms with Crippen molar-refractivity contribution in [1.29, 1.82) is 0 Å². The molecule has 0 aromatic carbocycles. The summed E-state index contributed by atoms with van der Waals surface area (Å²) in [4.78, 5) is 23.2. The van der Waals surface area contributed by atoms with Crippen LogP contribution in [0.2, 0.25) is 18.1 Å². The second-order valence-corrected chi connectivity index (χ2v) is 11.2. The van der Waals surface area contributed by atoms with Crippen molar-refractivity contribution < 1.29 is 18.8 Å². The highest BCUT2D eigenvalue weighted by molar-refractivity contribution is 6.74. The van der Waals surface area contributed by atoms with E-state index in [1.807, 2.05) is 0 Å². The van der Waals surface area contributed by atoms with E-state index in [2.05, 4.69) is 33.9 Å². The van der Waals surface area contributed by atoms with E-state index < -0.39 is 14.3 Å². The second kappa shape index (κ2) is 5.59. The molecule has 4 nitrogen and oxygen atoms in total. The van der Waals surface area contributed by atoms with Gasteiger partial charge in [0, 0.05) is 6.42 Å². The first-order valence-corrected chi connectivity index (χ1v) is 9.50. The minimum atomic E-state index is -1.97. The Kier molecular flexibility index (Phi) is 4.74. The highest BCUT2D eigenvalue weighted by Gasteiger charge is 2.41. The van der Waals surface area contributed by atoms with E-state index in [9.17, 15) is 9.59 Å². The molecule has 0 bridgehead atoms. The van der Waals surface area contributed by atoms with Gasteiger partial charge in [-0.3, -0.25) is 4.79 Å². The van der Waals surface area contributed by atoms with Gasteiger partial charge in [-0.1, -0.05) is 20.8 Å². The van der Waals surface area contributed by atoms with Gasteiger partial charge in [0.1, 0.15) is 0 Å². The number of ether oxygens (including phenoxy) is 1. The van der Waals surface area contributed by atoms with Crippen LogP contribution in [0.4, 0.5) is 0 Å². The van der Waals surface area contributed by atoms with Crippen LogP contribution in [0, 0.1) is 0 Å². The van der Waals surface area contributed by atoms with Gasteiger partial charge in [0.2, 0.25) is 0 Å². The second-order valence-electron chi connectivity index (χ2n) is 6.46. The van der Waals surface area contributed by atoms with E-state index in [4.69, 9.17) is 9.16 Å². The molecule has 0 radical (unpaired) electrons. The zero-order valence-corrected chi connectivity index (χ0v) is 13.7. The van der Waals surface area contributed by atoms with Gasteiger partial charge in [0.25, 0.3) is 0 Å². The van der Waals surface area contributed by atoms with Crippen LogP contribution < -0.4 is 0 Å². The maximum atomic E-state index is 11.8. The standard InChI is InChI=1S/C14H24O4Si/c1-14(2,3)19(5,6)18-12-8-7-10(15)9-11(12)13(16)17-4/h9,12H,7-8H2,1-6H3/t12-/m1/s1. The van der Waals surface area contributed by atoms with Crippen molar-refractivity contribution in [3.63, 3.8) is 0 Å². The lowest BCUT2D eigenvalue weighted by atomic mass is 9.96. The number of hydrogen-bond acceptors (Lipinski definition) is 4. The van der Waals surface area contributed by atoms with Crippen molar-refractivity contribution >= 4 is 20.1 Å². The summed E-state index contributed by atoms with van der Waals surface area (Å²) in [7, 11) is -0.650. The molecule has 0 aromatic rings. The van der Waals surface area contributed by atoms with Crippen LogP contribution in [0.15, 0.2) is 11.6 Å². The Labute approximate surface area is 116 Å². The molecule has 19 heavy (non-hydrogen) atoms. The summed E-state index contributed by atoms with van der Waals surface area (Å²) in [5.74, 6) is -0.493. The molecule has 5 heteroatoms. The fourth-order valence-corrected chi connectivity index (χ4v) is 3.04. The number of methoxy groups -OCH3 is 1.